The summed E-state index contributed by atoms with van der Waals surface area (Å²) in [5.41, 5.74) is -0.682. The quantitative estimate of drug-likeness (QED) is 0.465. The van der Waals surface area contributed by atoms with Gasteiger partial charge in [-0.25, -0.2) is 0 Å². The lowest BCUT2D eigenvalue weighted by atomic mass is 9.84. The smallest absolute Gasteiger partial charge is 0.308 e. The Morgan fingerprint density at radius 2 is 1.76 bits per heavy atom. The second-order valence-electron chi connectivity index (χ2n) is 8.98. The van der Waals surface area contributed by atoms with Crippen molar-refractivity contribution in [2.45, 2.75) is 82.8 Å². The fraction of sp³-hybridized carbons (Fsp3) is 0.542. The summed E-state index contributed by atoms with van der Waals surface area (Å²) < 4.78 is 17.9. The number of aliphatic hydroxyl groups excluding tert-OH is 2. The average molecular weight is 476 g/mol. The number of aliphatic hydroxyl groups is 2. The van der Waals surface area contributed by atoms with Crippen molar-refractivity contribution in [3.8, 4) is 5.75 Å². The molecule has 6 atom stereocenters. The summed E-state index contributed by atoms with van der Waals surface area (Å²) in [6.45, 7) is 3.62. The van der Waals surface area contributed by atoms with E-state index in [1.165, 1.54) is 12.1 Å². The van der Waals surface area contributed by atoms with Gasteiger partial charge in [-0.3, -0.25) is 14.4 Å². The number of fused-ring (bicyclic) bond motifs is 1. The number of aromatic hydroxyl groups is 1. The topological polar surface area (TPSA) is 160 Å². The molecule has 1 aromatic rings. The Hall–Kier alpha value is -2.79. The number of carboxylic acids is 1. The normalized spacial score (nSPS) is 32.0. The fourth-order valence-corrected chi connectivity index (χ4v) is 4.74. The SMILES string of the molecule is CC1OC(OC2CCC(c3ccc4c(c3O)C(O)=C(CC(=O)O)C(=O)C4=O)O[C@@H]2C)CCC1O. The van der Waals surface area contributed by atoms with Gasteiger partial charge in [0.2, 0.25) is 11.6 Å². The maximum Gasteiger partial charge on any atom is 0.308 e. The van der Waals surface area contributed by atoms with Crippen LogP contribution in [0.3, 0.4) is 0 Å². The fourth-order valence-electron chi connectivity index (χ4n) is 4.74. The van der Waals surface area contributed by atoms with E-state index in [0.717, 1.165) is 0 Å². The van der Waals surface area contributed by atoms with Crippen molar-refractivity contribution >= 4 is 23.3 Å². The molecule has 4 N–H and O–H groups in total. The van der Waals surface area contributed by atoms with Gasteiger partial charge in [-0.1, -0.05) is 6.07 Å². The van der Waals surface area contributed by atoms with Gasteiger partial charge in [0.15, 0.2) is 6.29 Å². The second kappa shape index (κ2) is 9.46. The van der Waals surface area contributed by atoms with Gasteiger partial charge in [-0.15, -0.1) is 0 Å². The van der Waals surface area contributed by atoms with Crippen molar-refractivity contribution in [2.75, 3.05) is 0 Å². The minimum Gasteiger partial charge on any atom is -0.507 e. The van der Waals surface area contributed by atoms with Crippen LogP contribution in [-0.2, 0) is 23.8 Å². The zero-order chi connectivity index (χ0) is 24.7. The van der Waals surface area contributed by atoms with Crippen LogP contribution in [0.4, 0.5) is 0 Å². The molecule has 0 spiro atoms. The summed E-state index contributed by atoms with van der Waals surface area (Å²) in [6.07, 6.45) is -1.11. The summed E-state index contributed by atoms with van der Waals surface area (Å²) in [5.74, 6) is -4.60. The maximum atomic E-state index is 12.4. The number of carbonyl (C=O) groups is 3. The zero-order valence-electron chi connectivity index (χ0n) is 18.9. The average Bonchev–Trinajstić information content (AvgIpc) is 2.78. The number of carbonyl (C=O) groups excluding carboxylic acids is 2. The zero-order valence-corrected chi connectivity index (χ0v) is 18.9. The van der Waals surface area contributed by atoms with E-state index in [0.29, 0.717) is 31.2 Å². The van der Waals surface area contributed by atoms with Crippen molar-refractivity contribution < 1.29 is 49.0 Å². The Balaban J connectivity index is 1.53. The number of phenolic OH excluding ortho intramolecular Hbond substituents is 1. The Morgan fingerprint density at radius 1 is 1.03 bits per heavy atom. The van der Waals surface area contributed by atoms with Crippen LogP contribution < -0.4 is 0 Å². The van der Waals surface area contributed by atoms with E-state index in [2.05, 4.69) is 0 Å². The van der Waals surface area contributed by atoms with E-state index >= 15 is 0 Å². The second-order valence-corrected chi connectivity index (χ2v) is 8.98. The lowest BCUT2D eigenvalue weighted by molar-refractivity contribution is -0.260. The van der Waals surface area contributed by atoms with Crippen LogP contribution in [0.2, 0.25) is 0 Å². The third-order valence-electron chi connectivity index (χ3n) is 6.68. The third kappa shape index (κ3) is 4.46. The predicted molar refractivity (Wildman–Crippen MR) is 116 cm³/mol. The minimum absolute atomic E-state index is 0.186. The molecular formula is C24H28O10. The van der Waals surface area contributed by atoms with Crippen LogP contribution in [-0.4, -0.2) is 68.7 Å². The molecule has 2 aliphatic heterocycles. The number of carboxylic acid groups (broad SMARTS) is 1. The van der Waals surface area contributed by atoms with Crippen molar-refractivity contribution in [1.82, 2.24) is 0 Å². The largest absolute Gasteiger partial charge is 0.507 e. The molecular weight excluding hydrogens is 448 g/mol. The van der Waals surface area contributed by atoms with Gasteiger partial charge >= 0.3 is 5.97 Å². The summed E-state index contributed by atoms with van der Waals surface area (Å²) in [5, 5.41) is 40.3. The van der Waals surface area contributed by atoms with Gasteiger partial charge in [0.05, 0.1) is 48.1 Å². The highest BCUT2D eigenvalue weighted by molar-refractivity contribution is 6.52. The molecule has 0 aromatic heterocycles. The van der Waals surface area contributed by atoms with Crippen LogP contribution in [0.25, 0.3) is 5.76 Å². The number of hydrogen-bond donors (Lipinski definition) is 4. The summed E-state index contributed by atoms with van der Waals surface area (Å²) >= 11 is 0. The summed E-state index contributed by atoms with van der Waals surface area (Å²) in [4.78, 5) is 35.8. The van der Waals surface area contributed by atoms with Crippen molar-refractivity contribution in [3.63, 3.8) is 0 Å². The summed E-state index contributed by atoms with van der Waals surface area (Å²) in [7, 11) is 0. The highest BCUT2D eigenvalue weighted by Crippen LogP contribution is 2.43. The van der Waals surface area contributed by atoms with Crippen LogP contribution in [0.5, 0.6) is 5.75 Å². The summed E-state index contributed by atoms with van der Waals surface area (Å²) in [6, 6.07) is 2.80. The van der Waals surface area contributed by atoms with Crippen LogP contribution in [0.15, 0.2) is 17.7 Å². The lowest BCUT2D eigenvalue weighted by Gasteiger charge is -2.39. The first-order valence-electron chi connectivity index (χ1n) is 11.3. The number of rotatable bonds is 5. The maximum absolute atomic E-state index is 12.4. The Bertz CT molecular complexity index is 1040. The molecule has 2 fully saturated rings. The lowest BCUT2D eigenvalue weighted by Crippen LogP contribution is -2.43. The van der Waals surface area contributed by atoms with Gasteiger partial charge in [-0.2, -0.15) is 0 Å². The van der Waals surface area contributed by atoms with Gasteiger partial charge < -0.3 is 34.6 Å². The number of ether oxygens (including phenoxy) is 3. The third-order valence-corrected chi connectivity index (χ3v) is 6.68. The van der Waals surface area contributed by atoms with E-state index in [-0.39, 0.29) is 29.4 Å². The number of hydrogen-bond acceptors (Lipinski definition) is 9. The van der Waals surface area contributed by atoms with Gasteiger partial charge in [0.25, 0.3) is 0 Å². The molecule has 1 aliphatic carbocycles. The molecule has 10 nitrogen and oxygen atoms in total. The van der Waals surface area contributed by atoms with Gasteiger partial charge in [0.1, 0.15) is 11.5 Å². The molecule has 0 bridgehead atoms. The van der Waals surface area contributed by atoms with Crippen LogP contribution >= 0.6 is 0 Å². The van der Waals surface area contributed by atoms with E-state index in [1.54, 1.807) is 6.92 Å². The number of aliphatic carboxylic acids is 1. The predicted octanol–water partition coefficient (Wildman–Crippen LogP) is 2.41. The monoisotopic (exact) mass is 476 g/mol. The van der Waals surface area contributed by atoms with Gasteiger partial charge in [0, 0.05) is 17.5 Å². The molecule has 0 amide bonds. The minimum atomic E-state index is -1.39. The highest BCUT2D eigenvalue weighted by Gasteiger charge is 2.39. The first kappa shape index (κ1) is 24.3. The Morgan fingerprint density at radius 3 is 2.41 bits per heavy atom. The molecule has 0 saturated carbocycles. The molecule has 10 heteroatoms. The first-order chi connectivity index (χ1) is 16.1. The molecule has 34 heavy (non-hydrogen) atoms. The standard InChI is InChI=1S/C24H28O10/c1-10-15(25)5-8-19(33-10)34-16-6-7-17(32-11(16)2)12-3-4-13-20(21(12)28)22(29)14(9-18(26)27)24(31)23(13)30/h3-4,10-11,15-17,19,25,28-29H,5-9H2,1-2H3,(H,26,27)/t10?,11-,15?,16?,17?,19?/m1/s1. The van der Waals surface area contributed by atoms with E-state index in [4.69, 9.17) is 19.3 Å². The van der Waals surface area contributed by atoms with Crippen LogP contribution in [0, 0.1) is 0 Å². The van der Waals surface area contributed by atoms with Crippen molar-refractivity contribution in [2.24, 2.45) is 0 Å². The molecule has 1 aromatic carbocycles. The first-order valence-corrected chi connectivity index (χ1v) is 11.3. The highest BCUT2D eigenvalue weighted by atomic mass is 16.7. The Labute approximate surface area is 195 Å². The molecule has 4 rings (SSSR count). The molecule has 2 heterocycles. The van der Waals surface area contributed by atoms with E-state index in [9.17, 15) is 29.7 Å². The Kier molecular flexibility index (Phi) is 6.77. The number of phenols is 1. The van der Waals surface area contributed by atoms with Crippen molar-refractivity contribution in [3.05, 3.63) is 34.4 Å². The van der Waals surface area contributed by atoms with Crippen molar-refractivity contribution in [1.29, 1.82) is 0 Å². The van der Waals surface area contributed by atoms with E-state index < -0.39 is 59.5 Å². The van der Waals surface area contributed by atoms with Gasteiger partial charge in [-0.05, 0) is 39.2 Å². The molecule has 5 unspecified atom stereocenters. The molecule has 3 aliphatic rings. The van der Waals surface area contributed by atoms with E-state index in [1.807, 2.05) is 6.92 Å². The molecule has 2 saturated heterocycles. The molecule has 184 valence electrons. The number of ketones is 2. The number of benzene rings is 1. The molecule has 0 radical (unpaired) electrons. The number of Topliss-reactive ketones (excluding diaryl/α,β-unsaturated/α-hetero) is 2. The van der Waals surface area contributed by atoms with Crippen LogP contribution in [0.1, 0.15) is 73.5 Å².